The van der Waals surface area contributed by atoms with Crippen molar-refractivity contribution in [3.8, 4) is 0 Å². The van der Waals surface area contributed by atoms with Crippen molar-refractivity contribution in [3.63, 3.8) is 0 Å². The molecule has 0 heterocycles. The van der Waals surface area contributed by atoms with Crippen LogP contribution in [0.5, 0.6) is 0 Å². The molecule has 0 aromatic heterocycles. The highest BCUT2D eigenvalue weighted by Crippen LogP contribution is 2.14. The number of nitrogens with zero attached hydrogens (tertiary/aromatic N) is 1. The summed E-state index contributed by atoms with van der Waals surface area (Å²) in [7, 11) is 0. The summed E-state index contributed by atoms with van der Waals surface area (Å²) in [5, 5.41) is 0. The van der Waals surface area contributed by atoms with E-state index in [-0.39, 0.29) is 17.8 Å². The molecule has 2 nitrogen and oxygen atoms in total. The van der Waals surface area contributed by atoms with Gasteiger partial charge in [-0.3, -0.25) is 4.79 Å². The van der Waals surface area contributed by atoms with Crippen molar-refractivity contribution in [1.29, 1.82) is 0 Å². The van der Waals surface area contributed by atoms with Crippen molar-refractivity contribution in [2.75, 3.05) is 6.54 Å². The first-order valence-electron chi connectivity index (χ1n) is 5.65. The van der Waals surface area contributed by atoms with E-state index in [1.807, 2.05) is 13.8 Å². The van der Waals surface area contributed by atoms with Gasteiger partial charge >= 0.3 is 0 Å². The molecule has 0 unspecified atom stereocenters. The molecule has 0 saturated carbocycles. The van der Waals surface area contributed by atoms with Gasteiger partial charge in [0.25, 0.3) is 5.91 Å². The largest absolute Gasteiger partial charge is 0.333 e. The fourth-order valence-electron chi connectivity index (χ4n) is 1.69. The molecule has 1 amide bonds. The highest BCUT2D eigenvalue weighted by Gasteiger charge is 2.19. The van der Waals surface area contributed by atoms with Crippen molar-refractivity contribution >= 4 is 5.91 Å². The summed E-state index contributed by atoms with van der Waals surface area (Å²) < 4.78 is 13.0. The van der Waals surface area contributed by atoms with E-state index >= 15 is 0 Å². The molecule has 0 aliphatic heterocycles. The first-order valence-corrected chi connectivity index (χ1v) is 5.65. The summed E-state index contributed by atoms with van der Waals surface area (Å²) in [6.07, 6.45) is 1.69. The Balaban J connectivity index is 3.05. The molecule has 0 bridgehead atoms. The van der Waals surface area contributed by atoms with E-state index in [2.05, 4.69) is 6.58 Å². The molecule has 0 aliphatic carbocycles. The minimum Gasteiger partial charge on any atom is -0.333 e. The van der Waals surface area contributed by atoms with Crippen molar-refractivity contribution in [1.82, 2.24) is 4.90 Å². The highest BCUT2D eigenvalue weighted by molar-refractivity contribution is 5.95. The number of carbonyl (C=O) groups excluding carboxylic acids is 1. The Morgan fingerprint density at radius 1 is 1.53 bits per heavy atom. The van der Waals surface area contributed by atoms with Crippen molar-refractivity contribution < 1.29 is 9.18 Å². The SMILES string of the molecule is C=CCN(C(=O)c1ccc(F)cc1C)C(C)C. The maximum absolute atomic E-state index is 13.0. The maximum atomic E-state index is 13.0. The van der Waals surface area contributed by atoms with Gasteiger partial charge in [-0.15, -0.1) is 6.58 Å². The van der Waals surface area contributed by atoms with Gasteiger partial charge in [-0.05, 0) is 44.5 Å². The molecule has 0 atom stereocenters. The lowest BCUT2D eigenvalue weighted by molar-refractivity contribution is 0.0728. The molecular weight excluding hydrogens is 217 g/mol. The fourth-order valence-corrected chi connectivity index (χ4v) is 1.69. The number of rotatable bonds is 4. The van der Waals surface area contributed by atoms with E-state index in [0.29, 0.717) is 17.7 Å². The first kappa shape index (κ1) is 13.4. The molecule has 1 aromatic rings. The molecule has 1 rings (SSSR count). The molecule has 0 fully saturated rings. The van der Waals surface area contributed by atoms with E-state index in [1.54, 1.807) is 17.9 Å². The predicted octanol–water partition coefficient (Wildman–Crippen LogP) is 3.17. The maximum Gasteiger partial charge on any atom is 0.254 e. The molecule has 3 heteroatoms. The smallest absolute Gasteiger partial charge is 0.254 e. The Kier molecular flexibility index (Phi) is 4.44. The van der Waals surface area contributed by atoms with E-state index in [9.17, 15) is 9.18 Å². The number of amides is 1. The van der Waals surface area contributed by atoms with Gasteiger partial charge in [-0.25, -0.2) is 4.39 Å². The van der Waals surface area contributed by atoms with Crippen LogP contribution in [0.15, 0.2) is 30.9 Å². The lowest BCUT2D eigenvalue weighted by Gasteiger charge is -2.26. The van der Waals surface area contributed by atoms with Crippen LogP contribution < -0.4 is 0 Å². The summed E-state index contributed by atoms with van der Waals surface area (Å²) in [4.78, 5) is 14.0. The van der Waals surface area contributed by atoms with E-state index in [0.717, 1.165) is 0 Å². The van der Waals surface area contributed by atoms with Crippen LogP contribution in [0.1, 0.15) is 29.8 Å². The number of halogens is 1. The summed E-state index contributed by atoms with van der Waals surface area (Å²) >= 11 is 0. The number of hydrogen-bond acceptors (Lipinski definition) is 1. The summed E-state index contributed by atoms with van der Waals surface area (Å²) in [6.45, 7) is 9.76. The standard InChI is InChI=1S/C14H18FNO/c1-5-8-16(10(2)3)14(17)13-7-6-12(15)9-11(13)4/h5-7,9-10H,1,8H2,2-4H3. The molecule has 1 aromatic carbocycles. The average molecular weight is 235 g/mol. The van der Waals surface area contributed by atoms with Gasteiger partial charge < -0.3 is 4.90 Å². The second-order valence-electron chi connectivity index (χ2n) is 4.30. The Morgan fingerprint density at radius 3 is 2.65 bits per heavy atom. The quantitative estimate of drug-likeness (QED) is 0.734. The van der Waals surface area contributed by atoms with Crippen molar-refractivity contribution in [2.45, 2.75) is 26.8 Å². The second kappa shape index (κ2) is 5.62. The van der Waals surface area contributed by atoms with E-state index in [1.165, 1.54) is 18.2 Å². The minimum absolute atomic E-state index is 0.0857. The summed E-state index contributed by atoms with van der Waals surface area (Å²) in [6, 6.07) is 4.31. The zero-order chi connectivity index (χ0) is 13.0. The molecule has 0 N–H and O–H groups in total. The molecular formula is C14H18FNO. The molecule has 0 radical (unpaired) electrons. The topological polar surface area (TPSA) is 20.3 Å². The third kappa shape index (κ3) is 3.16. The lowest BCUT2D eigenvalue weighted by atomic mass is 10.1. The number of carbonyl (C=O) groups is 1. The van der Waals surface area contributed by atoms with Crippen LogP contribution >= 0.6 is 0 Å². The minimum atomic E-state index is -0.320. The Morgan fingerprint density at radius 2 is 2.18 bits per heavy atom. The van der Waals surface area contributed by atoms with Crippen molar-refractivity contribution in [3.05, 3.63) is 47.8 Å². The van der Waals surface area contributed by atoms with Gasteiger partial charge in [0.2, 0.25) is 0 Å². The Labute approximate surface area is 102 Å². The van der Waals surface area contributed by atoms with Crippen LogP contribution in [0.2, 0.25) is 0 Å². The average Bonchev–Trinajstić information content (AvgIpc) is 2.24. The van der Waals surface area contributed by atoms with E-state index < -0.39 is 0 Å². The Bertz CT molecular complexity index is 426. The van der Waals surface area contributed by atoms with Gasteiger partial charge in [0.15, 0.2) is 0 Å². The first-order chi connectivity index (χ1) is 7.97. The van der Waals surface area contributed by atoms with Crippen LogP contribution in [-0.4, -0.2) is 23.4 Å². The zero-order valence-corrected chi connectivity index (χ0v) is 10.5. The number of benzene rings is 1. The van der Waals surface area contributed by atoms with Gasteiger partial charge in [0.05, 0.1) is 0 Å². The van der Waals surface area contributed by atoms with Crippen LogP contribution in [-0.2, 0) is 0 Å². The number of aryl methyl sites for hydroxylation is 1. The van der Waals surface area contributed by atoms with Crippen LogP contribution in [0.4, 0.5) is 4.39 Å². The Hall–Kier alpha value is -1.64. The van der Waals surface area contributed by atoms with Gasteiger partial charge in [0.1, 0.15) is 5.82 Å². The predicted molar refractivity (Wildman–Crippen MR) is 67.5 cm³/mol. The van der Waals surface area contributed by atoms with Gasteiger partial charge in [-0.2, -0.15) is 0 Å². The normalized spacial score (nSPS) is 10.4. The van der Waals surface area contributed by atoms with Gasteiger partial charge in [-0.1, -0.05) is 6.08 Å². The molecule has 92 valence electrons. The zero-order valence-electron chi connectivity index (χ0n) is 10.5. The third-order valence-electron chi connectivity index (χ3n) is 2.63. The summed E-state index contributed by atoms with van der Waals surface area (Å²) in [5.41, 5.74) is 1.20. The summed E-state index contributed by atoms with van der Waals surface area (Å²) in [5.74, 6) is -0.406. The van der Waals surface area contributed by atoms with Crippen LogP contribution in [0.3, 0.4) is 0 Å². The number of hydrogen-bond donors (Lipinski definition) is 0. The molecule has 0 spiro atoms. The van der Waals surface area contributed by atoms with Crippen LogP contribution in [0, 0.1) is 12.7 Å². The second-order valence-corrected chi connectivity index (χ2v) is 4.30. The third-order valence-corrected chi connectivity index (χ3v) is 2.63. The molecule has 0 saturated heterocycles. The van der Waals surface area contributed by atoms with Crippen molar-refractivity contribution in [2.24, 2.45) is 0 Å². The molecule has 0 aliphatic rings. The van der Waals surface area contributed by atoms with Crippen LogP contribution in [0.25, 0.3) is 0 Å². The monoisotopic (exact) mass is 235 g/mol. The fraction of sp³-hybridized carbons (Fsp3) is 0.357. The lowest BCUT2D eigenvalue weighted by Crippen LogP contribution is -2.37. The van der Waals surface area contributed by atoms with Gasteiger partial charge in [0, 0.05) is 18.2 Å². The van der Waals surface area contributed by atoms with E-state index in [4.69, 9.17) is 0 Å². The highest BCUT2D eigenvalue weighted by atomic mass is 19.1. The molecule has 17 heavy (non-hydrogen) atoms.